The predicted octanol–water partition coefficient (Wildman–Crippen LogP) is 5.59. The number of piperazine rings is 1. The summed E-state index contributed by atoms with van der Waals surface area (Å²) in [6, 6.07) is 13.6. The molecule has 2 N–H and O–H groups in total. The first-order valence-corrected chi connectivity index (χ1v) is 26.1. The van der Waals surface area contributed by atoms with Crippen LogP contribution < -0.4 is 30.6 Å². The maximum atomic E-state index is 14.3. The van der Waals surface area contributed by atoms with E-state index in [0.717, 1.165) is 48.7 Å². The van der Waals surface area contributed by atoms with Gasteiger partial charge in [0.15, 0.2) is 18.2 Å². The molecular weight excluding hydrogens is 972 g/mol. The highest BCUT2D eigenvalue weighted by molar-refractivity contribution is 6.31. The summed E-state index contributed by atoms with van der Waals surface area (Å²) in [5.74, 6) is 2.85. The molecule has 0 radical (unpaired) electrons. The van der Waals surface area contributed by atoms with Crippen LogP contribution in [0.15, 0.2) is 64.6 Å². The summed E-state index contributed by atoms with van der Waals surface area (Å²) in [5, 5.41) is 17.5. The molecule has 5 atom stereocenters. The van der Waals surface area contributed by atoms with E-state index in [4.69, 9.17) is 42.8 Å². The van der Waals surface area contributed by atoms with Gasteiger partial charge in [-0.3, -0.25) is 29.4 Å². The minimum Gasteiger partial charge on any atom is -0.495 e. The third-order valence-electron chi connectivity index (χ3n) is 16.1. The first-order valence-electron chi connectivity index (χ1n) is 25.4. The van der Waals surface area contributed by atoms with Crippen molar-refractivity contribution in [3.63, 3.8) is 0 Å². The van der Waals surface area contributed by atoms with Crippen molar-refractivity contribution in [3.05, 3.63) is 109 Å². The van der Waals surface area contributed by atoms with Crippen molar-refractivity contribution in [1.82, 2.24) is 54.6 Å². The van der Waals surface area contributed by atoms with E-state index in [1.165, 1.54) is 22.8 Å². The number of anilines is 1. The molecule has 0 bridgehead atoms. The van der Waals surface area contributed by atoms with Gasteiger partial charge in [0.05, 0.1) is 35.6 Å². The number of ether oxygens (including phenoxy) is 2. The number of fused-ring (bicyclic) bond motifs is 4. The third kappa shape index (κ3) is 10.0. The lowest BCUT2D eigenvalue weighted by atomic mass is 9.85. The van der Waals surface area contributed by atoms with Gasteiger partial charge in [-0.15, -0.1) is 10.2 Å². The van der Waals surface area contributed by atoms with Crippen LogP contribution in [-0.2, 0) is 27.9 Å². The molecule has 3 amide bonds. The molecule has 386 valence electrons. The molecule has 0 spiro atoms. The molecule has 18 nitrogen and oxygen atoms in total. The monoisotopic (exact) mass is 1030 g/mol. The van der Waals surface area contributed by atoms with Gasteiger partial charge in [0.2, 0.25) is 17.8 Å². The summed E-state index contributed by atoms with van der Waals surface area (Å²) in [4.78, 5) is 71.3. The maximum absolute atomic E-state index is 14.3. The Kier molecular flexibility index (Phi) is 14.5. The summed E-state index contributed by atoms with van der Waals surface area (Å²) in [7, 11) is 4.68. The fraction of sp³-hybridized carbons (Fsp3) is 0.509. The minimum absolute atomic E-state index is 0.0236. The minimum atomic E-state index is -0.390. The zero-order valence-electron chi connectivity index (χ0n) is 42.4. The maximum Gasteiger partial charge on any atom is 0.293 e. The Labute approximate surface area is 435 Å². The highest BCUT2D eigenvalue weighted by atomic mass is 35.5. The zero-order valence-corrected chi connectivity index (χ0v) is 43.9. The average molecular weight is 1040 g/mol. The SMILES string of the molecule is CNC(=O)COc1cc2cc(Cc3nc(N4CCC(C(=O)N5CCN(C6CCN(C(=O)CC7NC(c8ccc(Cl)cc8)C8C(C)=C(C)CC8n8c(C)nnc87)C6)CC5)CC4)ncc3Cl)cc(OC)c2n(C)c1=O. The van der Waals surface area contributed by atoms with Gasteiger partial charge in [-0.05, 0) is 87.9 Å². The second kappa shape index (κ2) is 21.0. The van der Waals surface area contributed by atoms with E-state index in [1.54, 1.807) is 26.4 Å². The first kappa shape index (κ1) is 50.5. The summed E-state index contributed by atoms with van der Waals surface area (Å²) in [6.07, 6.45) is 5.47. The van der Waals surface area contributed by atoms with E-state index >= 15 is 0 Å². The van der Waals surface area contributed by atoms with Gasteiger partial charge in [0.1, 0.15) is 11.6 Å². The smallest absolute Gasteiger partial charge is 0.293 e. The fourth-order valence-corrected chi connectivity index (χ4v) is 12.3. The van der Waals surface area contributed by atoms with Crippen molar-refractivity contribution in [2.45, 2.75) is 83.5 Å². The van der Waals surface area contributed by atoms with Crippen molar-refractivity contribution in [3.8, 4) is 11.5 Å². The van der Waals surface area contributed by atoms with Crippen molar-refractivity contribution in [2.24, 2.45) is 18.9 Å². The standard InChI is InChI=1S/C53H64Cl2N12O6/c1-30-21-42-47(31(30)2)48(34-7-9-37(54)10-8-34)58-41(50-61-60-32(3)67(42)50)26-46(69)66-16-13-38(28-66)63-17-19-64(20-18-63)51(70)35-11-14-65(15-12-35)53-57-27-39(55)40(59-53)23-33-22-36-25-44(73-29-45(68)56-4)52(71)62(5)49(36)43(24-33)72-6/h7-10,22,24-25,27,35,38,41-42,47-48,58H,11-21,23,26,28-29H2,1-6H3,(H,56,68). The van der Waals surface area contributed by atoms with Gasteiger partial charge in [-0.2, -0.15) is 0 Å². The number of halogens is 2. The number of amides is 3. The lowest BCUT2D eigenvalue weighted by Gasteiger charge is -2.40. The molecule has 2 aromatic carbocycles. The number of aryl methyl sites for hydroxylation is 2. The lowest BCUT2D eigenvalue weighted by Crippen LogP contribution is -2.54. The molecular formula is C53H64Cl2N12O6. The Bertz CT molecular complexity index is 3020. The highest BCUT2D eigenvalue weighted by Gasteiger charge is 2.46. The molecule has 3 saturated heterocycles. The van der Waals surface area contributed by atoms with Gasteiger partial charge in [0, 0.05) is 120 Å². The predicted molar refractivity (Wildman–Crippen MR) is 278 cm³/mol. The summed E-state index contributed by atoms with van der Waals surface area (Å²) in [6.45, 7) is 11.7. The molecule has 20 heteroatoms. The molecule has 73 heavy (non-hydrogen) atoms. The van der Waals surface area contributed by atoms with Gasteiger partial charge >= 0.3 is 0 Å². The lowest BCUT2D eigenvalue weighted by molar-refractivity contribution is -0.138. The second-order valence-electron chi connectivity index (χ2n) is 20.3. The number of nitrogens with zero attached hydrogens (tertiary/aromatic N) is 10. The highest BCUT2D eigenvalue weighted by Crippen LogP contribution is 2.50. The van der Waals surface area contributed by atoms with E-state index in [1.807, 2.05) is 41.0 Å². The van der Waals surface area contributed by atoms with Crippen molar-refractivity contribution in [2.75, 3.05) is 78.0 Å². The fourth-order valence-electron chi connectivity index (χ4n) is 12.0. The number of rotatable bonds is 12. The topological polar surface area (TPSA) is 185 Å². The molecule has 3 fully saturated rings. The zero-order chi connectivity index (χ0) is 51.2. The van der Waals surface area contributed by atoms with Crippen LogP contribution >= 0.6 is 23.2 Å². The van der Waals surface area contributed by atoms with Crippen LogP contribution in [0.2, 0.25) is 10.0 Å². The molecule has 10 rings (SSSR count). The molecule has 3 aromatic heterocycles. The molecule has 4 aliphatic heterocycles. The van der Waals surface area contributed by atoms with Crippen LogP contribution in [-0.4, -0.2) is 141 Å². The van der Waals surface area contributed by atoms with Crippen molar-refractivity contribution in [1.29, 1.82) is 0 Å². The Morgan fingerprint density at radius 2 is 1.66 bits per heavy atom. The van der Waals surface area contributed by atoms with Crippen LogP contribution in [0, 0.1) is 18.8 Å². The number of allylic oxidation sites excluding steroid dienone is 1. The summed E-state index contributed by atoms with van der Waals surface area (Å²) in [5.41, 5.74) is 5.57. The average Bonchev–Trinajstić information content (AvgIpc) is 4.11. The number of hydrogen-bond donors (Lipinski definition) is 2. The molecule has 7 heterocycles. The van der Waals surface area contributed by atoms with Crippen LogP contribution in [0.25, 0.3) is 10.9 Å². The summed E-state index contributed by atoms with van der Waals surface area (Å²) < 4.78 is 15.0. The molecule has 5 unspecified atom stereocenters. The van der Waals surface area contributed by atoms with Crippen molar-refractivity contribution >= 4 is 57.8 Å². The number of likely N-dealkylation sites (N-methyl/N-ethyl adjacent to an activating group) is 1. The molecule has 1 aliphatic carbocycles. The van der Waals surface area contributed by atoms with Gasteiger partial charge in [-0.25, -0.2) is 9.97 Å². The number of carbonyl (C=O) groups excluding carboxylic acids is 3. The van der Waals surface area contributed by atoms with Crippen molar-refractivity contribution < 1.29 is 23.9 Å². The quantitative estimate of drug-likeness (QED) is 0.148. The first-order chi connectivity index (χ1) is 35.2. The van der Waals surface area contributed by atoms with E-state index < -0.39 is 5.56 Å². The third-order valence-corrected chi connectivity index (χ3v) is 16.7. The van der Waals surface area contributed by atoms with Crippen LogP contribution in [0.1, 0.15) is 92.5 Å². The number of piperidine rings is 1. The normalized spacial score (nSPS) is 22.6. The molecule has 5 aromatic rings. The number of likely N-dealkylation sites (tertiary alicyclic amines) is 1. The number of nitrogens with one attached hydrogen (secondary N) is 2. The van der Waals surface area contributed by atoms with Crippen LogP contribution in [0.3, 0.4) is 0 Å². The molecule has 0 saturated carbocycles. The van der Waals surface area contributed by atoms with E-state index in [-0.39, 0.29) is 72.5 Å². The number of hydrogen-bond acceptors (Lipinski definition) is 13. The van der Waals surface area contributed by atoms with E-state index in [9.17, 15) is 19.2 Å². The number of pyridine rings is 1. The van der Waals surface area contributed by atoms with Crippen LogP contribution in [0.4, 0.5) is 5.95 Å². The largest absolute Gasteiger partial charge is 0.495 e. The Balaban J connectivity index is 0.727. The van der Waals surface area contributed by atoms with Gasteiger partial charge < -0.3 is 38.6 Å². The number of carbonyl (C=O) groups is 3. The number of methoxy groups -OCH3 is 1. The Morgan fingerprint density at radius 1 is 0.904 bits per heavy atom. The Morgan fingerprint density at radius 3 is 2.38 bits per heavy atom. The number of aromatic nitrogens is 6. The number of benzene rings is 2. The second-order valence-corrected chi connectivity index (χ2v) is 21.1. The Hall–Kier alpha value is -6.08. The van der Waals surface area contributed by atoms with E-state index in [0.29, 0.717) is 96.9 Å². The van der Waals surface area contributed by atoms with Gasteiger partial charge in [-0.1, -0.05) is 46.5 Å². The van der Waals surface area contributed by atoms with E-state index in [2.05, 4.69) is 61.1 Å². The molecule has 5 aliphatic rings. The summed E-state index contributed by atoms with van der Waals surface area (Å²) >= 11 is 13.0. The van der Waals surface area contributed by atoms with Gasteiger partial charge in [0.25, 0.3) is 11.5 Å². The van der Waals surface area contributed by atoms with Crippen LogP contribution in [0.5, 0.6) is 11.5 Å².